The highest BCUT2D eigenvalue weighted by molar-refractivity contribution is 7.00. The van der Waals surface area contributed by atoms with Gasteiger partial charge in [-0.2, -0.15) is 0 Å². The molecule has 0 spiro atoms. The van der Waals surface area contributed by atoms with Crippen molar-refractivity contribution in [1.29, 1.82) is 0 Å². The molecule has 4 nitrogen and oxygen atoms in total. The number of nitrogens with zero attached hydrogens (tertiary/aromatic N) is 2. The number of hydrogen-bond acceptors (Lipinski definition) is 4. The standard InChI is InChI=1S/C60H53BN2O2/c1-58(2,3)37-27-31-47-46(32-37)61-45-30-26-38(59(4,5)6)33-49(45)63(48-20-15-23-54-55(48)44-17-11-13-22-53(44)64-54)51-35-39(60(7,8)9)34-50(56(51)61)62(47)40-28-24-36(25-29-40)41-18-14-19-43-42-16-10-12-21-52(42)65-57(41)43/h10-35H,1-9H3. The Labute approximate surface area is 382 Å². The largest absolute Gasteiger partial charge is 0.456 e. The molecule has 8 aromatic carbocycles. The van der Waals surface area contributed by atoms with E-state index in [0.717, 1.165) is 66.4 Å². The Morgan fingerprint density at radius 1 is 0.400 bits per heavy atom. The van der Waals surface area contributed by atoms with Gasteiger partial charge in [-0.15, -0.1) is 0 Å². The van der Waals surface area contributed by atoms with Gasteiger partial charge in [0.25, 0.3) is 6.71 Å². The van der Waals surface area contributed by atoms with Crippen molar-refractivity contribution in [2.45, 2.75) is 78.6 Å². The third kappa shape index (κ3) is 6.04. The van der Waals surface area contributed by atoms with E-state index in [1.54, 1.807) is 0 Å². The lowest BCUT2D eigenvalue weighted by molar-refractivity contribution is 0.589. The summed E-state index contributed by atoms with van der Waals surface area (Å²) >= 11 is 0. The molecule has 10 aromatic rings. The van der Waals surface area contributed by atoms with Gasteiger partial charge in [0.05, 0.1) is 11.1 Å². The first-order valence-corrected chi connectivity index (χ1v) is 23.1. The maximum absolute atomic E-state index is 6.60. The fraction of sp³-hybridized carbons (Fsp3) is 0.200. The molecule has 2 aromatic heterocycles. The molecule has 0 N–H and O–H groups in total. The van der Waals surface area contributed by atoms with Crippen molar-refractivity contribution < 1.29 is 8.83 Å². The van der Waals surface area contributed by atoms with Gasteiger partial charge in [-0.3, -0.25) is 0 Å². The number of benzene rings is 8. The fourth-order valence-corrected chi connectivity index (χ4v) is 10.6. The molecular weight excluding hydrogens is 791 g/mol. The minimum Gasteiger partial charge on any atom is -0.456 e. The van der Waals surface area contributed by atoms with Crippen LogP contribution in [0.4, 0.5) is 34.1 Å². The van der Waals surface area contributed by atoms with Crippen LogP contribution in [0.25, 0.3) is 55.0 Å². The van der Waals surface area contributed by atoms with E-state index in [4.69, 9.17) is 8.83 Å². The van der Waals surface area contributed by atoms with E-state index in [-0.39, 0.29) is 23.0 Å². The number of rotatable bonds is 3. The third-order valence-electron chi connectivity index (χ3n) is 14.1. The van der Waals surface area contributed by atoms with Crippen molar-refractivity contribution >= 4 is 101 Å². The molecule has 0 saturated carbocycles. The van der Waals surface area contributed by atoms with Gasteiger partial charge in [-0.25, -0.2) is 0 Å². The van der Waals surface area contributed by atoms with Crippen molar-refractivity contribution in [2.24, 2.45) is 0 Å². The molecule has 65 heavy (non-hydrogen) atoms. The highest BCUT2D eigenvalue weighted by Crippen LogP contribution is 2.50. The van der Waals surface area contributed by atoms with Gasteiger partial charge in [0.15, 0.2) is 0 Å². The maximum Gasteiger partial charge on any atom is 0.252 e. The van der Waals surface area contributed by atoms with Crippen LogP contribution in [0.15, 0.2) is 167 Å². The zero-order valence-electron chi connectivity index (χ0n) is 38.8. The fourth-order valence-electron chi connectivity index (χ4n) is 10.6. The summed E-state index contributed by atoms with van der Waals surface area (Å²) in [6.45, 7) is 21.0. The highest BCUT2D eigenvalue weighted by Gasteiger charge is 2.45. The second-order valence-corrected chi connectivity index (χ2v) is 21.4. The molecule has 0 aliphatic carbocycles. The Kier molecular flexibility index (Phi) is 8.39. The lowest BCUT2D eigenvalue weighted by Gasteiger charge is -2.45. The Balaban J connectivity index is 1.15. The molecule has 0 radical (unpaired) electrons. The molecule has 0 atom stereocenters. The van der Waals surface area contributed by atoms with Crippen LogP contribution in [0, 0.1) is 0 Å². The second kappa shape index (κ2) is 13.8. The molecule has 2 aliphatic heterocycles. The summed E-state index contributed by atoms with van der Waals surface area (Å²) in [5, 5.41) is 4.52. The topological polar surface area (TPSA) is 32.8 Å². The Bertz CT molecular complexity index is 3570. The van der Waals surface area contributed by atoms with Gasteiger partial charge in [-0.1, -0.05) is 159 Å². The molecule has 0 bridgehead atoms. The minimum atomic E-state index is -0.147. The van der Waals surface area contributed by atoms with Crippen molar-refractivity contribution in [3.05, 3.63) is 174 Å². The first-order valence-electron chi connectivity index (χ1n) is 23.1. The smallest absolute Gasteiger partial charge is 0.252 e. The Hall–Kier alpha value is -6.98. The highest BCUT2D eigenvalue weighted by atomic mass is 16.3. The van der Waals surface area contributed by atoms with Crippen molar-refractivity contribution in [2.75, 3.05) is 9.80 Å². The quantitative estimate of drug-likeness (QED) is 0.166. The van der Waals surface area contributed by atoms with E-state index in [1.807, 2.05) is 6.07 Å². The normalized spacial score (nSPS) is 13.8. The average Bonchev–Trinajstić information content (AvgIpc) is 3.87. The van der Waals surface area contributed by atoms with Crippen LogP contribution in [0.2, 0.25) is 0 Å². The summed E-state index contributed by atoms with van der Waals surface area (Å²) in [6.07, 6.45) is 0. The predicted octanol–water partition coefficient (Wildman–Crippen LogP) is 15.1. The van der Waals surface area contributed by atoms with E-state index < -0.39 is 0 Å². The summed E-state index contributed by atoms with van der Waals surface area (Å²) in [4.78, 5) is 5.12. The SMILES string of the molecule is CC(C)(C)c1ccc2c(c1)B1c3ccc(C(C)(C)C)cc3N(c3cccc4oc5ccccc5c34)c3cc(C(C)(C)C)cc(c31)N2c1ccc(-c2cccc3c2oc2ccccc23)cc1. The third-order valence-corrected chi connectivity index (χ3v) is 14.1. The number of fused-ring (bicyclic) bond motifs is 10. The van der Waals surface area contributed by atoms with Crippen molar-refractivity contribution in [3.8, 4) is 11.1 Å². The Morgan fingerprint density at radius 2 is 0.985 bits per heavy atom. The van der Waals surface area contributed by atoms with Crippen LogP contribution >= 0.6 is 0 Å². The molecular formula is C60H53BN2O2. The average molecular weight is 845 g/mol. The number of anilines is 6. The van der Waals surface area contributed by atoms with Crippen LogP contribution in [-0.4, -0.2) is 6.71 Å². The minimum absolute atomic E-state index is 0.00639. The molecule has 318 valence electrons. The molecule has 0 saturated heterocycles. The molecule has 0 unspecified atom stereocenters. The van der Waals surface area contributed by atoms with E-state index in [0.29, 0.717) is 0 Å². The van der Waals surface area contributed by atoms with Gasteiger partial charge in [0.1, 0.15) is 22.3 Å². The van der Waals surface area contributed by atoms with Crippen LogP contribution in [0.3, 0.4) is 0 Å². The summed E-state index contributed by atoms with van der Waals surface area (Å²) in [7, 11) is 0. The summed E-state index contributed by atoms with van der Waals surface area (Å²) < 4.78 is 13.1. The van der Waals surface area contributed by atoms with E-state index >= 15 is 0 Å². The molecule has 5 heteroatoms. The molecule has 12 rings (SSSR count). The maximum atomic E-state index is 6.60. The second-order valence-electron chi connectivity index (χ2n) is 21.4. The van der Waals surface area contributed by atoms with Gasteiger partial charge in [0.2, 0.25) is 0 Å². The summed E-state index contributed by atoms with van der Waals surface area (Å²) in [5.74, 6) is 0. The van der Waals surface area contributed by atoms with E-state index in [2.05, 4.69) is 224 Å². The zero-order chi connectivity index (χ0) is 44.7. The lowest BCUT2D eigenvalue weighted by Crippen LogP contribution is -2.61. The predicted molar refractivity (Wildman–Crippen MR) is 277 cm³/mol. The number of furan rings is 2. The van der Waals surface area contributed by atoms with Gasteiger partial charge >= 0.3 is 0 Å². The number of para-hydroxylation sites is 3. The molecule has 0 amide bonds. The van der Waals surface area contributed by atoms with Gasteiger partial charge < -0.3 is 18.6 Å². The lowest BCUT2D eigenvalue weighted by atomic mass is 9.33. The first kappa shape index (κ1) is 39.6. The van der Waals surface area contributed by atoms with Gasteiger partial charge in [0, 0.05) is 50.2 Å². The Morgan fingerprint density at radius 3 is 1.71 bits per heavy atom. The zero-order valence-corrected chi connectivity index (χ0v) is 38.8. The molecule has 4 heterocycles. The van der Waals surface area contributed by atoms with Gasteiger partial charge in [-0.05, 0) is 116 Å². The first-order chi connectivity index (χ1) is 31.1. The van der Waals surface area contributed by atoms with E-state index in [1.165, 1.54) is 55.8 Å². The van der Waals surface area contributed by atoms with Crippen molar-refractivity contribution in [1.82, 2.24) is 0 Å². The van der Waals surface area contributed by atoms with Crippen LogP contribution in [0.5, 0.6) is 0 Å². The van der Waals surface area contributed by atoms with Crippen LogP contribution in [0.1, 0.15) is 79.0 Å². The summed E-state index contributed by atoms with van der Waals surface area (Å²) in [5.41, 5.74) is 20.5. The number of hydrogen-bond donors (Lipinski definition) is 0. The molecule has 0 fully saturated rings. The monoisotopic (exact) mass is 844 g/mol. The van der Waals surface area contributed by atoms with Crippen LogP contribution in [-0.2, 0) is 16.2 Å². The summed E-state index contributed by atoms with van der Waals surface area (Å²) in [6, 6.07) is 58.5. The van der Waals surface area contributed by atoms with Crippen LogP contribution < -0.4 is 26.2 Å². The van der Waals surface area contributed by atoms with E-state index in [9.17, 15) is 0 Å². The van der Waals surface area contributed by atoms with Crippen molar-refractivity contribution in [3.63, 3.8) is 0 Å². The molecule has 2 aliphatic rings.